The maximum Gasteiger partial charge on any atom is 0.308 e. The first-order valence-electron chi connectivity index (χ1n) is 12.3. The quantitative estimate of drug-likeness (QED) is 0.353. The Kier molecular flexibility index (Phi) is 9.07. The number of methoxy groups -OCH3 is 2. The van der Waals surface area contributed by atoms with Gasteiger partial charge in [0, 0.05) is 35.3 Å². The first-order chi connectivity index (χ1) is 17.5. The third kappa shape index (κ3) is 6.30. The number of rotatable bonds is 11. The number of piperidine rings is 1. The van der Waals surface area contributed by atoms with Gasteiger partial charge in [-0.1, -0.05) is 12.1 Å². The number of thioether (sulfide) groups is 1. The third-order valence-corrected chi connectivity index (χ3v) is 8.08. The van der Waals surface area contributed by atoms with Crippen molar-refractivity contribution < 1.29 is 24.5 Å². The van der Waals surface area contributed by atoms with Crippen LogP contribution in [-0.2, 0) is 4.79 Å². The maximum atomic E-state index is 12.1. The van der Waals surface area contributed by atoms with E-state index in [2.05, 4.69) is 9.88 Å². The summed E-state index contributed by atoms with van der Waals surface area (Å²) in [5.41, 5.74) is 1.60. The van der Waals surface area contributed by atoms with Crippen LogP contribution in [0.2, 0.25) is 0 Å². The average molecular weight is 511 g/mol. The zero-order valence-corrected chi connectivity index (χ0v) is 21.6. The number of likely N-dealkylation sites (tertiary alicyclic amines) is 1. The fraction of sp³-hybridized carbons (Fsp3) is 0.429. The fourth-order valence-electron chi connectivity index (χ4n) is 5.01. The summed E-state index contributed by atoms with van der Waals surface area (Å²) in [7, 11) is 3.29. The molecule has 0 saturated carbocycles. The highest BCUT2D eigenvalue weighted by Crippen LogP contribution is 2.34. The van der Waals surface area contributed by atoms with E-state index in [4.69, 9.17) is 9.47 Å². The molecule has 4 rings (SSSR count). The summed E-state index contributed by atoms with van der Waals surface area (Å²) in [4.78, 5) is 19.8. The lowest BCUT2D eigenvalue weighted by atomic mass is 9.81. The van der Waals surface area contributed by atoms with Gasteiger partial charge in [-0.2, -0.15) is 0 Å². The molecule has 0 bridgehead atoms. The summed E-state index contributed by atoms with van der Waals surface area (Å²) in [5.74, 6) is 1.30. The number of aliphatic hydroxyl groups excluding tert-OH is 1. The van der Waals surface area contributed by atoms with Crippen molar-refractivity contribution in [3.05, 3.63) is 60.3 Å². The van der Waals surface area contributed by atoms with E-state index in [1.54, 1.807) is 32.2 Å². The molecule has 36 heavy (non-hydrogen) atoms. The predicted octanol–water partition coefficient (Wildman–Crippen LogP) is 4.88. The number of benzene rings is 2. The highest BCUT2D eigenvalue weighted by molar-refractivity contribution is 7.99. The van der Waals surface area contributed by atoms with Crippen molar-refractivity contribution in [2.24, 2.45) is 11.8 Å². The topological polar surface area (TPSA) is 92.1 Å². The van der Waals surface area contributed by atoms with E-state index in [0.29, 0.717) is 25.1 Å². The second-order valence-electron chi connectivity index (χ2n) is 9.17. The van der Waals surface area contributed by atoms with Gasteiger partial charge in [0.2, 0.25) is 0 Å². The Morgan fingerprint density at radius 1 is 1.19 bits per heavy atom. The van der Waals surface area contributed by atoms with Crippen LogP contribution < -0.4 is 9.47 Å². The smallest absolute Gasteiger partial charge is 0.308 e. The summed E-state index contributed by atoms with van der Waals surface area (Å²) in [5, 5.41) is 21.8. The lowest BCUT2D eigenvalue weighted by molar-refractivity contribution is -0.146. The Labute approximate surface area is 216 Å². The minimum absolute atomic E-state index is 0.0397. The molecule has 2 aromatic carbocycles. The van der Waals surface area contributed by atoms with Gasteiger partial charge in [-0.3, -0.25) is 9.78 Å². The SMILES string of the molecule is COc1ccc2nccc(C(O)CC[C@@H]3CCN(CCSc4ccccc4OC)C[C@@H]3C(=O)O)c2c1. The van der Waals surface area contributed by atoms with Crippen molar-refractivity contribution in [2.75, 3.05) is 39.6 Å². The van der Waals surface area contributed by atoms with Crippen LogP contribution in [0, 0.1) is 11.8 Å². The number of para-hydroxylation sites is 1. The van der Waals surface area contributed by atoms with Crippen LogP contribution in [0.4, 0.5) is 0 Å². The normalized spacial score (nSPS) is 19.2. The highest BCUT2D eigenvalue weighted by atomic mass is 32.2. The van der Waals surface area contributed by atoms with E-state index in [1.807, 2.05) is 48.5 Å². The number of carbonyl (C=O) groups is 1. The molecule has 1 aliphatic rings. The number of aromatic nitrogens is 1. The molecule has 0 amide bonds. The third-order valence-electron chi connectivity index (χ3n) is 7.04. The Balaban J connectivity index is 1.33. The van der Waals surface area contributed by atoms with Gasteiger partial charge < -0.3 is 24.6 Å². The summed E-state index contributed by atoms with van der Waals surface area (Å²) < 4.78 is 10.8. The molecule has 0 aliphatic carbocycles. The van der Waals surface area contributed by atoms with Gasteiger partial charge in [0.15, 0.2) is 0 Å². The van der Waals surface area contributed by atoms with Gasteiger partial charge in [-0.15, -0.1) is 11.8 Å². The van der Waals surface area contributed by atoms with E-state index in [-0.39, 0.29) is 5.92 Å². The number of aliphatic hydroxyl groups is 1. The lowest BCUT2D eigenvalue weighted by Gasteiger charge is -2.37. The molecule has 1 unspecified atom stereocenters. The van der Waals surface area contributed by atoms with Crippen LogP contribution in [0.25, 0.3) is 10.9 Å². The van der Waals surface area contributed by atoms with Gasteiger partial charge >= 0.3 is 5.97 Å². The molecule has 1 aromatic heterocycles. The highest BCUT2D eigenvalue weighted by Gasteiger charge is 2.34. The van der Waals surface area contributed by atoms with Crippen molar-refractivity contribution in [2.45, 2.75) is 30.3 Å². The molecule has 7 nitrogen and oxygen atoms in total. The number of nitrogens with zero attached hydrogens (tertiary/aromatic N) is 2. The van der Waals surface area contributed by atoms with Gasteiger partial charge in [-0.25, -0.2) is 0 Å². The van der Waals surface area contributed by atoms with Crippen molar-refractivity contribution in [1.29, 1.82) is 0 Å². The molecule has 0 spiro atoms. The molecule has 0 radical (unpaired) electrons. The number of pyridine rings is 1. The van der Waals surface area contributed by atoms with Gasteiger partial charge in [0.05, 0.1) is 31.8 Å². The molecular formula is C28H34N2O5S. The second-order valence-corrected chi connectivity index (χ2v) is 10.3. The number of hydrogen-bond acceptors (Lipinski definition) is 7. The summed E-state index contributed by atoms with van der Waals surface area (Å²) in [6.07, 6.45) is 3.00. The summed E-state index contributed by atoms with van der Waals surface area (Å²) >= 11 is 1.73. The minimum Gasteiger partial charge on any atom is -0.497 e. The molecule has 3 aromatic rings. The Morgan fingerprint density at radius 2 is 2.03 bits per heavy atom. The van der Waals surface area contributed by atoms with Gasteiger partial charge in [-0.05, 0) is 73.7 Å². The average Bonchev–Trinajstić information content (AvgIpc) is 2.91. The zero-order chi connectivity index (χ0) is 25.5. The maximum absolute atomic E-state index is 12.1. The standard InChI is InChI=1S/C28H34N2O5S/c1-34-20-8-9-24-22(17-20)21(11-13-29-24)25(31)10-7-19-12-14-30(18-23(19)28(32)33)15-16-36-27-6-4-3-5-26(27)35-2/h3-6,8-9,11,13,17,19,23,25,31H,7,10,12,14-16,18H2,1-2H3,(H,32,33)/t19-,23+,25?/m1/s1. The second kappa shape index (κ2) is 12.4. The molecule has 8 heteroatoms. The van der Waals surface area contributed by atoms with E-state index < -0.39 is 18.0 Å². The Hall–Kier alpha value is -2.81. The Bertz CT molecular complexity index is 1170. The van der Waals surface area contributed by atoms with E-state index in [9.17, 15) is 15.0 Å². The molecule has 1 fully saturated rings. The van der Waals surface area contributed by atoms with Gasteiger partial charge in [0.1, 0.15) is 11.5 Å². The Morgan fingerprint density at radius 3 is 2.81 bits per heavy atom. The van der Waals surface area contributed by atoms with Crippen molar-refractivity contribution in [3.8, 4) is 11.5 Å². The summed E-state index contributed by atoms with van der Waals surface area (Å²) in [6, 6.07) is 15.4. The number of aliphatic carboxylic acids is 1. The predicted molar refractivity (Wildman–Crippen MR) is 142 cm³/mol. The van der Waals surface area contributed by atoms with Gasteiger partial charge in [0.25, 0.3) is 0 Å². The van der Waals surface area contributed by atoms with Crippen LogP contribution >= 0.6 is 11.8 Å². The monoisotopic (exact) mass is 510 g/mol. The zero-order valence-electron chi connectivity index (χ0n) is 20.8. The van der Waals surface area contributed by atoms with Crippen molar-refractivity contribution in [3.63, 3.8) is 0 Å². The van der Waals surface area contributed by atoms with Crippen LogP contribution in [0.1, 0.15) is 30.9 Å². The first-order valence-corrected chi connectivity index (χ1v) is 13.3. The largest absolute Gasteiger partial charge is 0.497 e. The van der Waals surface area contributed by atoms with E-state index >= 15 is 0 Å². The fourth-order valence-corrected chi connectivity index (χ4v) is 6.05. The number of carboxylic acids is 1. The lowest BCUT2D eigenvalue weighted by Crippen LogP contribution is -2.44. The number of fused-ring (bicyclic) bond motifs is 1. The molecule has 1 saturated heterocycles. The molecule has 3 atom stereocenters. The minimum atomic E-state index is -0.754. The molecule has 1 aliphatic heterocycles. The van der Waals surface area contributed by atoms with Crippen LogP contribution in [0.15, 0.2) is 59.6 Å². The van der Waals surface area contributed by atoms with Crippen molar-refractivity contribution >= 4 is 28.6 Å². The van der Waals surface area contributed by atoms with Crippen LogP contribution in [0.3, 0.4) is 0 Å². The molecule has 2 heterocycles. The van der Waals surface area contributed by atoms with Crippen molar-refractivity contribution in [1.82, 2.24) is 9.88 Å². The number of ether oxygens (including phenoxy) is 2. The van der Waals surface area contributed by atoms with E-state index in [0.717, 1.165) is 52.4 Å². The molecular weight excluding hydrogens is 476 g/mol. The number of hydrogen-bond donors (Lipinski definition) is 2. The van der Waals surface area contributed by atoms with Crippen LogP contribution in [0.5, 0.6) is 11.5 Å². The summed E-state index contributed by atoms with van der Waals surface area (Å²) in [6.45, 7) is 2.23. The number of carboxylic acid groups (broad SMARTS) is 1. The van der Waals surface area contributed by atoms with Crippen LogP contribution in [-0.4, -0.2) is 65.7 Å². The molecule has 2 N–H and O–H groups in total. The van der Waals surface area contributed by atoms with E-state index in [1.165, 1.54) is 0 Å². The molecule has 192 valence electrons. The first kappa shape index (κ1) is 26.3.